The number of ether oxygens (including phenoxy) is 3. The Balaban J connectivity index is 1.10. The normalized spacial score (nSPS) is 22.1. The molecule has 2 amide bonds. The molecule has 2 aromatic heterocycles. The van der Waals surface area contributed by atoms with Crippen LogP contribution in [-0.2, 0) is 16.1 Å². The number of aromatic nitrogens is 2. The molecule has 6 rings (SSSR count). The van der Waals surface area contributed by atoms with Crippen LogP contribution in [0.4, 0.5) is 16.4 Å². The van der Waals surface area contributed by atoms with Crippen molar-refractivity contribution in [1.82, 2.24) is 14.9 Å². The summed E-state index contributed by atoms with van der Waals surface area (Å²) in [7, 11) is 0. The first-order chi connectivity index (χ1) is 19.0. The Morgan fingerprint density at radius 1 is 1.13 bits per heavy atom. The highest BCUT2D eigenvalue weighted by molar-refractivity contribution is 5.95. The van der Waals surface area contributed by atoms with Gasteiger partial charge < -0.3 is 35.1 Å². The molecule has 0 bridgehead atoms. The number of fused-ring (bicyclic) bond motifs is 3. The van der Waals surface area contributed by atoms with Crippen molar-refractivity contribution in [2.75, 3.05) is 36.5 Å². The lowest BCUT2D eigenvalue weighted by molar-refractivity contribution is -0.118. The first-order valence-corrected chi connectivity index (χ1v) is 13.1. The molecule has 1 aliphatic carbocycles. The lowest BCUT2D eigenvalue weighted by atomic mass is 9.88. The standard InChI is InChI=1S/C27H30N6O6/c28-9-12-37-18-4-1-16-2-8-25(35)32(20(16)14-18)11-10-29-17-3-5-19-22(13-17)39-27(36)33(19)23-7-6-21-26(30-23)31-24(34)15-38-21/h1-2,4,6-8,14,17,19,22,29H,3,5,9-13,15,28H2,(H,30,31,34)/t17-,19-,22-/m0/s1. The van der Waals surface area contributed by atoms with Crippen LogP contribution < -0.4 is 36.3 Å². The van der Waals surface area contributed by atoms with Crippen molar-refractivity contribution in [3.63, 3.8) is 0 Å². The van der Waals surface area contributed by atoms with Crippen molar-refractivity contribution in [3.8, 4) is 11.5 Å². The van der Waals surface area contributed by atoms with Crippen LogP contribution in [0.5, 0.6) is 11.5 Å². The number of hydrogen-bond acceptors (Lipinski definition) is 9. The fraction of sp³-hybridized carbons (Fsp3) is 0.407. The molecule has 0 unspecified atom stereocenters. The third-order valence-corrected chi connectivity index (χ3v) is 7.36. The Morgan fingerprint density at radius 3 is 2.87 bits per heavy atom. The molecule has 0 spiro atoms. The van der Waals surface area contributed by atoms with Crippen LogP contribution in [0.3, 0.4) is 0 Å². The number of nitrogens with one attached hydrogen (secondary N) is 2. The Hall–Kier alpha value is -4.16. The van der Waals surface area contributed by atoms with Gasteiger partial charge in [-0.25, -0.2) is 9.78 Å². The molecule has 2 fully saturated rings. The number of carbonyl (C=O) groups excluding carboxylic acids is 2. The van der Waals surface area contributed by atoms with Crippen LogP contribution in [-0.4, -0.2) is 66.0 Å². The van der Waals surface area contributed by atoms with E-state index in [1.807, 2.05) is 24.3 Å². The molecule has 4 heterocycles. The lowest BCUT2D eigenvalue weighted by Crippen LogP contribution is -2.46. The lowest BCUT2D eigenvalue weighted by Gasteiger charge is -2.33. The second-order valence-electron chi connectivity index (χ2n) is 9.86. The zero-order chi connectivity index (χ0) is 26.9. The van der Waals surface area contributed by atoms with E-state index in [9.17, 15) is 14.4 Å². The zero-order valence-electron chi connectivity index (χ0n) is 21.3. The third-order valence-electron chi connectivity index (χ3n) is 7.36. The summed E-state index contributed by atoms with van der Waals surface area (Å²) < 4.78 is 18.5. The molecule has 12 nitrogen and oxygen atoms in total. The number of carbonyl (C=O) groups is 2. The molecule has 4 N–H and O–H groups in total. The van der Waals surface area contributed by atoms with Gasteiger partial charge in [0.15, 0.2) is 18.2 Å². The van der Waals surface area contributed by atoms with Gasteiger partial charge in [0, 0.05) is 44.2 Å². The van der Waals surface area contributed by atoms with Crippen LogP contribution in [0, 0.1) is 0 Å². The highest BCUT2D eigenvalue weighted by Gasteiger charge is 2.46. The van der Waals surface area contributed by atoms with Crippen molar-refractivity contribution in [3.05, 3.63) is 52.8 Å². The van der Waals surface area contributed by atoms with Crippen LogP contribution in [0.25, 0.3) is 10.9 Å². The Labute approximate surface area is 224 Å². The van der Waals surface area contributed by atoms with Gasteiger partial charge in [-0.05, 0) is 48.6 Å². The molecule has 1 saturated carbocycles. The van der Waals surface area contributed by atoms with Gasteiger partial charge in [-0.15, -0.1) is 0 Å². The van der Waals surface area contributed by atoms with E-state index in [-0.39, 0.29) is 36.3 Å². The fourth-order valence-corrected chi connectivity index (χ4v) is 5.54. The van der Waals surface area contributed by atoms with Crippen LogP contribution in [0.15, 0.2) is 47.3 Å². The van der Waals surface area contributed by atoms with Gasteiger partial charge >= 0.3 is 6.09 Å². The van der Waals surface area contributed by atoms with Gasteiger partial charge in [0.2, 0.25) is 0 Å². The summed E-state index contributed by atoms with van der Waals surface area (Å²) in [5.41, 5.74) is 6.27. The second kappa shape index (κ2) is 10.5. The van der Waals surface area contributed by atoms with Gasteiger partial charge in [-0.3, -0.25) is 14.5 Å². The monoisotopic (exact) mass is 534 g/mol. The molecule has 1 saturated heterocycles. The van der Waals surface area contributed by atoms with Gasteiger partial charge in [0.25, 0.3) is 11.5 Å². The number of benzene rings is 1. The third kappa shape index (κ3) is 5.00. The molecule has 1 aromatic carbocycles. The highest BCUT2D eigenvalue weighted by atomic mass is 16.6. The smallest absolute Gasteiger partial charge is 0.416 e. The number of anilines is 2. The molecule has 39 heavy (non-hydrogen) atoms. The number of rotatable bonds is 8. The van der Waals surface area contributed by atoms with E-state index in [0.717, 1.165) is 23.7 Å². The maximum atomic E-state index is 12.8. The molecule has 12 heteroatoms. The summed E-state index contributed by atoms with van der Waals surface area (Å²) in [5, 5.41) is 7.18. The van der Waals surface area contributed by atoms with Crippen molar-refractivity contribution in [2.24, 2.45) is 5.73 Å². The highest BCUT2D eigenvalue weighted by Crippen LogP contribution is 2.37. The topological polar surface area (TPSA) is 150 Å². The van der Waals surface area contributed by atoms with Crippen molar-refractivity contribution < 1.29 is 23.8 Å². The maximum Gasteiger partial charge on any atom is 0.416 e. The average Bonchev–Trinajstić information content (AvgIpc) is 3.27. The van der Waals surface area contributed by atoms with E-state index in [2.05, 4.69) is 15.6 Å². The minimum Gasteiger partial charge on any atom is -0.492 e. The van der Waals surface area contributed by atoms with Gasteiger partial charge in [0.05, 0.1) is 11.6 Å². The predicted molar refractivity (Wildman–Crippen MR) is 143 cm³/mol. The summed E-state index contributed by atoms with van der Waals surface area (Å²) in [5.74, 6) is 1.59. The van der Waals surface area contributed by atoms with Crippen LogP contribution in [0.1, 0.15) is 19.3 Å². The largest absolute Gasteiger partial charge is 0.492 e. The van der Waals surface area contributed by atoms with Gasteiger partial charge in [0.1, 0.15) is 24.3 Å². The molecule has 2 aliphatic heterocycles. The summed E-state index contributed by atoms with van der Waals surface area (Å²) in [6.07, 6.45) is 1.48. The van der Waals surface area contributed by atoms with Gasteiger partial charge in [-0.1, -0.05) is 0 Å². The summed E-state index contributed by atoms with van der Waals surface area (Å²) >= 11 is 0. The first kappa shape index (κ1) is 25.1. The molecule has 3 atom stereocenters. The molecule has 204 valence electrons. The number of amides is 2. The number of nitrogens with two attached hydrogens (primary N) is 1. The zero-order valence-corrected chi connectivity index (χ0v) is 21.3. The van der Waals surface area contributed by atoms with E-state index < -0.39 is 6.09 Å². The maximum absolute atomic E-state index is 12.8. The van der Waals surface area contributed by atoms with Crippen LogP contribution >= 0.6 is 0 Å². The van der Waals surface area contributed by atoms with E-state index in [4.69, 9.17) is 19.9 Å². The van der Waals surface area contributed by atoms with Crippen molar-refractivity contribution in [1.29, 1.82) is 0 Å². The van der Waals surface area contributed by atoms with Gasteiger partial charge in [-0.2, -0.15) is 0 Å². The summed E-state index contributed by atoms with van der Waals surface area (Å²) in [4.78, 5) is 43.2. The van der Waals surface area contributed by atoms with E-state index in [1.165, 1.54) is 0 Å². The quantitative estimate of drug-likeness (QED) is 0.392. The molecule has 0 radical (unpaired) electrons. The Bertz CT molecular complexity index is 1470. The molecule has 3 aromatic rings. The molecule has 3 aliphatic rings. The van der Waals surface area contributed by atoms with E-state index in [1.54, 1.807) is 27.7 Å². The first-order valence-electron chi connectivity index (χ1n) is 13.1. The van der Waals surface area contributed by atoms with E-state index in [0.29, 0.717) is 55.8 Å². The van der Waals surface area contributed by atoms with Crippen molar-refractivity contribution in [2.45, 2.75) is 44.0 Å². The number of hydrogen-bond donors (Lipinski definition) is 3. The van der Waals surface area contributed by atoms with Crippen LogP contribution in [0.2, 0.25) is 0 Å². The number of pyridine rings is 2. The second-order valence-corrected chi connectivity index (χ2v) is 9.86. The fourth-order valence-electron chi connectivity index (χ4n) is 5.54. The predicted octanol–water partition coefficient (Wildman–Crippen LogP) is 1.60. The Morgan fingerprint density at radius 2 is 2.00 bits per heavy atom. The number of nitrogens with zero attached hydrogens (tertiary/aromatic N) is 3. The molecular weight excluding hydrogens is 504 g/mol. The summed E-state index contributed by atoms with van der Waals surface area (Å²) in [6.45, 7) is 1.83. The minimum atomic E-state index is -0.448. The minimum absolute atomic E-state index is 0.0573. The van der Waals surface area contributed by atoms with E-state index >= 15 is 0 Å². The molecular formula is C27H30N6O6. The Kier molecular flexibility index (Phi) is 6.79. The average molecular weight is 535 g/mol. The SMILES string of the molecule is NCCOc1ccc2ccc(=O)n(CCN[C@H]3CC[C@H]4[C@H](C3)OC(=O)N4c3ccc4c(n3)NC(=O)CO4)c2c1. The van der Waals surface area contributed by atoms with Crippen molar-refractivity contribution >= 4 is 34.5 Å². The summed E-state index contributed by atoms with van der Waals surface area (Å²) in [6, 6.07) is 12.5.